The number of hydrogen-bond donors (Lipinski definition) is 2. The minimum atomic E-state index is -0.512. The average molecular weight is 321 g/mol. The number of benzene rings is 2. The molecule has 0 aliphatic rings. The maximum absolute atomic E-state index is 13.0. The number of halogens is 2. The standard InChI is InChI=1S/C17H18ClFN2O/c1-11-3-4-13(12(2)9-11)7-8-20-17(22)21-14-5-6-16(19)15(18)10-14/h3-6,9-10H,7-8H2,1-2H3,(H2,20,21,22). The van der Waals surface area contributed by atoms with Gasteiger partial charge in [-0.2, -0.15) is 0 Å². The molecule has 22 heavy (non-hydrogen) atoms. The zero-order valence-corrected chi connectivity index (χ0v) is 13.3. The molecule has 0 aliphatic heterocycles. The van der Waals surface area contributed by atoms with Gasteiger partial charge in [-0.15, -0.1) is 0 Å². The molecule has 2 aromatic carbocycles. The van der Waals surface area contributed by atoms with Crippen LogP contribution in [0.2, 0.25) is 5.02 Å². The molecule has 3 nitrogen and oxygen atoms in total. The number of aryl methyl sites for hydroxylation is 2. The molecular formula is C17H18ClFN2O. The molecule has 0 atom stereocenters. The summed E-state index contributed by atoms with van der Waals surface area (Å²) in [6.07, 6.45) is 0.754. The molecule has 0 aliphatic carbocycles. The summed E-state index contributed by atoms with van der Waals surface area (Å²) >= 11 is 5.67. The van der Waals surface area contributed by atoms with Gasteiger partial charge in [0.15, 0.2) is 0 Å². The van der Waals surface area contributed by atoms with Gasteiger partial charge in [0.2, 0.25) is 0 Å². The Hall–Kier alpha value is -2.07. The van der Waals surface area contributed by atoms with Crippen molar-refractivity contribution in [1.82, 2.24) is 5.32 Å². The van der Waals surface area contributed by atoms with E-state index in [1.807, 2.05) is 0 Å². The van der Waals surface area contributed by atoms with E-state index in [0.717, 1.165) is 6.42 Å². The molecule has 0 saturated heterocycles. The molecule has 116 valence electrons. The predicted octanol–water partition coefficient (Wildman–Crippen LogP) is 4.46. The smallest absolute Gasteiger partial charge is 0.319 e. The number of rotatable bonds is 4. The van der Waals surface area contributed by atoms with Crippen LogP contribution in [-0.2, 0) is 6.42 Å². The molecule has 2 aromatic rings. The molecule has 0 aromatic heterocycles. The predicted molar refractivity (Wildman–Crippen MR) is 88.1 cm³/mol. The molecule has 2 rings (SSSR count). The second kappa shape index (κ2) is 7.27. The third-order valence-electron chi connectivity index (χ3n) is 3.36. The molecule has 2 amide bonds. The Bertz CT molecular complexity index is 688. The lowest BCUT2D eigenvalue weighted by molar-refractivity contribution is 0.252. The Morgan fingerprint density at radius 2 is 1.95 bits per heavy atom. The van der Waals surface area contributed by atoms with Crippen LogP contribution in [0.3, 0.4) is 0 Å². The summed E-state index contributed by atoms with van der Waals surface area (Å²) in [5, 5.41) is 5.37. The Morgan fingerprint density at radius 1 is 1.18 bits per heavy atom. The quantitative estimate of drug-likeness (QED) is 0.858. The van der Waals surface area contributed by atoms with Crippen molar-refractivity contribution < 1.29 is 9.18 Å². The topological polar surface area (TPSA) is 41.1 Å². The SMILES string of the molecule is Cc1ccc(CCNC(=O)Nc2ccc(F)c(Cl)c2)c(C)c1. The van der Waals surface area contributed by atoms with Crippen LogP contribution in [0.1, 0.15) is 16.7 Å². The van der Waals surface area contributed by atoms with E-state index in [1.165, 1.54) is 34.9 Å². The van der Waals surface area contributed by atoms with Crippen molar-refractivity contribution in [2.24, 2.45) is 0 Å². The highest BCUT2D eigenvalue weighted by atomic mass is 35.5. The average Bonchev–Trinajstić information content (AvgIpc) is 2.45. The van der Waals surface area contributed by atoms with Crippen LogP contribution in [0.25, 0.3) is 0 Å². The van der Waals surface area contributed by atoms with E-state index >= 15 is 0 Å². The highest BCUT2D eigenvalue weighted by Crippen LogP contribution is 2.19. The molecular weight excluding hydrogens is 303 g/mol. The second-order valence-corrected chi connectivity index (χ2v) is 5.60. The number of carbonyl (C=O) groups excluding carboxylic acids is 1. The van der Waals surface area contributed by atoms with Gasteiger partial charge < -0.3 is 10.6 Å². The number of anilines is 1. The van der Waals surface area contributed by atoms with E-state index in [-0.39, 0.29) is 11.1 Å². The van der Waals surface area contributed by atoms with Crippen LogP contribution >= 0.6 is 11.6 Å². The van der Waals surface area contributed by atoms with Gasteiger partial charge >= 0.3 is 6.03 Å². The Morgan fingerprint density at radius 3 is 2.64 bits per heavy atom. The summed E-state index contributed by atoms with van der Waals surface area (Å²) in [5.41, 5.74) is 4.10. The van der Waals surface area contributed by atoms with Gasteiger partial charge in [-0.25, -0.2) is 9.18 Å². The van der Waals surface area contributed by atoms with Crippen LogP contribution in [0.5, 0.6) is 0 Å². The highest BCUT2D eigenvalue weighted by Gasteiger charge is 2.05. The van der Waals surface area contributed by atoms with Gasteiger partial charge in [-0.1, -0.05) is 35.4 Å². The minimum Gasteiger partial charge on any atom is -0.338 e. The van der Waals surface area contributed by atoms with Crippen LogP contribution in [0, 0.1) is 19.7 Å². The zero-order chi connectivity index (χ0) is 16.1. The van der Waals surface area contributed by atoms with Gasteiger partial charge in [-0.05, 0) is 49.6 Å². The summed E-state index contributed by atoms with van der Waals surface area (Å²) in [6.45, 7) is 4.63. The molecule has 0 fully saturated rings. The number of hydrogen-bond acceptors (Lipinski definition) is 1. The van der Waals surface area contributed by atoms with E-state index in [1.54, 1.807) is 0 Å². The Kier molecular flexibility index (Phi) is 5.39. The molecule has 0 heterocycles. The fraction of sp³-hybridized carbons (Fsp3) is 0.235. The van der Waals surface area contributed by atoms with E-state index in [2.05, 4.69) is 42.7 Å². The first-order valence-electron chi connectivity index (χ1n) is 7.02. The van der Waals surface area contributed by atoms with Crippen molar-refractivity contribution in [2.75, 3.05) is 11.9 Å². The molecule has 0 bridgehead atoms. The third kappa shape index (κ3) is 4.46. The number of urea groups is 1. The summed E-state index contributed by atoms with van der Waals surface area (Å²) in [5.74, 6) is -0.512. The van der Waals surface area contributed by atoms with Crippen molar-refractivity contribution >= 4 is 23.3 Å². The fourth-order valence-electron chi connectivity index (χ4n) is 2.19. The molecule has 0 saturated carbocycles. The minimum absolute atomic E-state index is 0.0203. The molecule has 0 unspecified atom stereocenters. The normalized spacial score (nSPS) is 10.4. The van der Waals surface area contributed by atoms with Gasteiger partial charge in [0.25, 0.3) is 0 Å². The first-order valence-corrected chi connectivity index (χ1v) is 7.39. The van der Waals surface area contributed by atoms with Crippen LogP contribution in [0.15, 0.2) is 36.4 Å². The van der Waals surface area contributed by atoms with Gasteiger partial charge in [0, 0.05) is 12.2 Å². The van der Waals surface area contributed by atoms with E-state index < -0.39 is 5.82 Å². The summed E-state index contributed by atoms with van der Waals surface area (Å²) in [6, 6.07) is 9.97. The lowest BCUT2D eigenvalue weighted by Gasteiger charge is -2.10. The molecule has 0 spiro atoms. The lowest BCUT2D eigenvalue weighted by atomic mass is 10.0. The van der Waals surface area contributed by atoms with Crippen LogP contribution in [-0.4, -0.2) is 12.6 Å². The molecule has 5 heteroatoms. The highest BCUT2D eigenvalue weighted by molar-refractivity contribution is 6.31. The maximum atomic E-state index is 13.0. The summed E-state index contributed by atoms with van der Waals surface area (Å²) in [4.78, 5) is 11.8. The lowest BCUT2D eigenvalue weighted by Crippen LogP contribution is -2.30. The summed E-state index contributed by atoms with van der Waals surface area (Å²) < 4.78 is 13.0. The first-order chi connectivity index (χ1) is 10.5. The number of carbonyl (C=O) groups is 1. The van der Waals surface area contributed by atoms with E-state index in [9.17, 15) is 9.18 Å². The monoisotopic (exact) mass is 320 g/mol. The van der Waals surface area contributed by atoms with Gasteiger partial charge in [0.05, 0.1) is 5.02 Å². The van der Waals surface area contributed by atoms with E-state index in [4.69, 9.17) is 11.6 Å². The Balaban J connectivity index is 1.83. The Labute approximate surface area is 134 Å². The van der Waals surface area contributed by atoms with Crippen molar-refractivity contribution in [3.05, 3.63) is 63.9 Å². The van der Waals surface area contributed by atoms with Crippen LogP contribution < -0.4 is 10.6 Å². The largest absolute Gasteiger partial charge is 0.338 e. The van der Waals surface area contributed by atoms with Crippen molar-refractivity contribution in [3.63, 3.8) is 0 Å². The maximum Gasteiger partial charge on any atom is 0.319 e. The number of amides is 2. The van der Waals surface area contributed by atoms with Crippen LogP contribution in [0.4, 0.5) is 14.9 Å². The van der Waals surface area contributed by atoms with Gasteiger partial charge in [-0.3, -0.25) is 0 Å². The van der Waals surface area contributed by atoms with Crippen molar-refractivity contribution in [3.8, 4) is 0 Å². The van der Waals surface area contributed by atoms with Crippen molar-refractivity contribution in [2.45, 2.75) is 20.3 Å². The fourth-order valence-corrected chi connectivity index (χ4v) is 2.37. The first kappa shape index (κ1) is 16.3. The van der Waals surface area contributed by atoms with Crippen molar-refractivity contribution in [1.29, 1.82) is 0 Å². The van der Waals surface area contributed by atoms with Gasteiger partial charge in [0.1, 0.15) is 5.82 Å². The number of nitrogens with one attached hydrogen (secondary N) is 2. The second-order valence-electron chi connectivity index (χ2n) is 5.19. The van der Waals surface area contributed by atoms with E-state index in [0.29, 0.717) is 12.2 Å². The molecule has 2 N–H and O–H groups in total. The third-order valence-corrected chi connectivity index (χ3v) is 3.65. The molecule has 0 radical (unpaired) electrons. The zero-order valence-electron chi connectivity index (χ0n) is 12.5. The summed E-state index contributed by atoms with van der Waals surface area (Å²) in [7, 11) is 0.